The summed E-state index contributed by atoms with van der Waals surface area (Å²) in [4.78, 5) is 16.9. The van der Waals surface area contributed by atoms with Gasteiger partial charge in [0.1, 0.15) is 0 Å². The first kappa shape index (κ1) is 14.4. The molecule has 0 amide bonds. The van der Waals surface area contributed by atoms with Crippen LogP contribution in [0.3, 0.4) is 0 Å². The Morgan fingerprint density at radius 1 is 1.30 bits per heavy atom. The smallest absolute Gasteiger partial charge is 0.323 e. The van der Waals surface area contributed by atoms with E-state index in [1.54, 1.807) is 18.4 Å². The molecule has 2 aromatic rings. The standard InChI is InChI=1S/C12H18N6OS/c1-4-19-12-17-10(13-3)16-11(18-12)15-7-8(2)9-14-5-6-20-9/h5-6,8H,4,7H2,1-3H3,(H2,13,15,16,17,18). The van der Waals surface area contributed by atoms with E-state index < -0.39 is 0 Å². The van der Waals surface area contributed by atoms with Crippen LogP contribution < -0.4 is 15.4 Å². The predicted octanol–water partition coefficient (Wildman–Crippen LogP) is 1.98. The second-order valence-electron chi connectivity index (χ2n) is 4.10. The molecule has 1 unspecified atom stereocenters. The van der Waals surface area contributed by atoms with Crippen LogP contribution in [0.25, 0.3) is 0 Å². The van der Waals surface area contributed by atoms with Gasteiger partial charge in [0, 0.05) is 31.1 Å². The second kappa shape index (κ2) is 6.99. The minimum atomic E-state index is 0.292. The number of hydrogen-bond donors (Lipinski definition) is 2. The van der Waals surface area contributed by atoms with Gasteiger partial charge in [0.15, 0.2) is 0 Å². The molecular formula is C12H18N6OS. The molecule has 0 saturated heterocycles. The Hall–Kier alpha value is -1.96. The summed E-state index contributed by atoms with van der Waals surface area (Å²) >= 11 is 1.64. The number of aromatic nitrogens is 4. The largest absolute Gasteiger partial charge is 0.464 e. The molecule has 1 atom stereocenters. The van der Waals surface area contributed by atoms with E-state index in [4.69, 9.17) is 4.74 Å². The number of thiazole rings is 1. The van der Waals surface area contributed by atoms with E-state index in [-0.39, 0.29) is 0 Å². The number of nitrogens with zero attached hydrogens (tertiary/aromatic N) is 4. The minimum absolute atomic E-state index is 0.292. The number of hydrogen-bond acceptors (Lipinski definition) is 8. The molecule has 2 N–H and O–H groups in total. The van der Waals surface area contributed by atoms with E-state index in [1.165, 1.54) is 0 Å². The van der Waals surface area contributed by atoms with Gasteiger partial charge < -0.3 is 15.4 Å². The lowest BCUT2D eigenvalue weighted by molar-refractivity contribution is 0.312. The van der Waals surface area contributed by atoms with Crippen molar-refractivity contribution in [3.05, 3.63) is 16.6 Å². The van der Waals surface area contributed by atoms with Crippen molar-refractivity contribution in [2.75, 3.05) is 30.8 Å². The predicted molar refractivity (Wildman–Crippen MR) is 79.6 cm³/mol. The van der Waals surface area contributed by atoms with Crippen LogP contribution in [0, 0.1) is 0 Å². The number of ether oxygens (including phenoxy) is 1. The molecule has 0 aliphatic rings. The zero-order valence-corrected chi connectivity index (χ0v) is 12.6. The zero-order chi connectivity index (χ0) is 14.4. The summed E-state index contributed by atoms with van der Waals surface area (Å²) in [5.74, 6) is 1.27. The molecule has 0 aromatic carbocycles. The van der Waals surface area contributed by atoms with Crippen LogP contribution in [0.15, 0.2) is 11.6 Å². The molecule has 0 aliphatic heterocycles. The lowest BCUT2D eigenvalue weighted by atomic mass is 10.2. The molecule has 0 fully saturated rings. The summed E-state index contributed by atoms with van der Waals surface area (Å²) in [6.07, 6.45) is 1.81. The van der Waals surface area contributed by atoms with E-state index in [0.29, 0.717) is 37.0 Å². The minimum Gasteiger partial charge on any atom is -0.464 e. The summed E-state index contributed by atoms with van der Waals surface area (Å²) in [6.45, 7) is 5.21. The van der Waals surface area contributed by atoms with Gasteiger partial charge in [-0.15, -0.1) is 11.3 Å². The van der Waals surface area contributed by atoms with E-state index in [0.717, 1.165) is 5.01 Å². The average molecular weight is 294 g/mol. The molecule has 2 rings (SSSR count). The summed E-state index contributed by atoms with van der Waals surface area (Å²) < 4.78 is 5.32. The zero-order valence-electron chi connectivity index (χ0n) is 11.8. The fraction of sp³-hybridized carbons (Fsp3) is 0.500. The van der Waals surface area contributed by atoms with Gasteiger partial charge in [-0.05, 0) is 6.92 Å². The fourth-order valence-electron chi connectivity index (χ4n) is 1.55. The SMILES string of the molecule is CCOc1nc(NC)nc(NCC(C)c2nccs2)n1. The molecule has 7 nitrogen and oxygen atoms in total. The van der Waals surface area contributed by atoms with Crippen molar-refractivity contribution in [2.45, 2.75) is 19.8 Å². The second-order valence-corrected chi connectivity index (χ2v) is 5.03. The summed E-state index contributed by atoms with van der Waals surface area (Å²) in [7, 11) is 1.76. The highest BCUT2D eigenvalue weighted by Crippen LogP contribution is 2.18. The highest BCUT2D eigenvalue weighted by molar-refractivity contribution is 7.09. The van der Waals surface area contributed by atoms with E-state index in [2.05, 4.69) is 37.5 Å². The maximum absolute atomic E-state index is 5.32. The van der Waals surface area contributed by atoms with E-state index in [9.17, 15) is 0 Å². The Balaban J connectivity index is 2.02. The first-order valence-corrected chi connectivity index (χ1v) is 7.30. The Labute approximate surface area is 121 Å². The van der Waals surface area contributed by atoms with Crippen molar-refractivity contribution in [1.82, 2.24) is 19.9 Å². The van der Waals surface area contributed by atoms with Gasteiger partial charge in [-0.3, -0.25) is 0 Å². The third-order valence-electron chi connectivity index (χ3n) is 2.55. The molecule has 0 radical (unpaired) electrons. The van der Waals surface area contributed by atoms with E-state index >= 15 is 0 Å². The van der Waals surface area contributed by atoms with Crippen LogP contribution >= 0.6 is 11.3 Å². The first-order chi connectivity index (χ1) is 9.72. The monoisotopic (exact) mass is 294 g/mol. The van der Waals surface area contributed by atoms with Gasteiger partial charge in [0.05, 0.1) is 11.6 Å². The average Bonchev–Trinajstić information content (AvgIpc) is 2.99. The lowest BCUT2D eigenvalue weighted by Gasteiger charge is -2.11. The summed E-state index contributed by atoms with van der Waals surface area (Å²) in [5.41, 5.74) is 0. The van der Waals surface area contributed by atoms with Crippen LogP contribution in [-0.2, 0) is 0 Å². The number of anilines is 2. The van der Waals surface area contributed by atoms with Crippen LogP contribution in [0.1, 0.15) is 24.8 Å². The van der Waals surface area contributed by atoms with Crippen molar-refractivity contribution in [3.8, 4) is 6.01 Å². The van der Waals surface area contributed by atoms with Gasteiger partial charge in [-0.25, -0.2) is 4.98 Å². The summed E-state index contributed by atoms with van der Waals surface area (Å²) in [6, 6.07) is 0.316. The van der Waals surface area contributed by atoms with Gasteiger partial charge in [-0.2, -0.15) is 15.0 Å². The van der Waals surface area contributed by atoms with Crippen molar-refractivity contribution >= 4 is 23.2 Å². The highest BCUT2D eigenvalue weighted by atomic mass is 32.1. The Kier molecular flexibility index (Phi) is 5.05. The molecule has 108 valence electrons. The molecule has 0 saturated carbocycles. The Morgan fingerprint density at radius 3 is 2.75 bits per heavy atom. The quantitative estimate of drug-likeness (QED) is 0.807. The third kappa shape index (κ3) is 3.77. The number of nitrogens with one attached hydrogen (secondary N) is 2. The van der Waals surface area contributed by atoms with Gasteiger partial charge in [-0.1, -0.05) is 6.92 Å². The molecule has 8 heteroatoms. The molecule has 0 bridgehead atoms. The third-order valence-corrected chi connectivity index (χ3v) is 3.56. The Morgan fingerprint density at radius 2 is 2.10 bits per heavy atom. The maximum Gasteiger partial charge on any atom is 0.323 e. The molecule has 20 heavy (non-hydrogen) atoms. The molecular weight excluding hydrogens is 276 g/mol. The Bertz CT molecular complexity index is 533. The number of rotatable bonds is 7. The fourth-order valence-corrected chi connectivity index (χ4v) is 2.25. The first-order valence-electron chi connectivity index (χ1n) is 6.42. The topological polar surface area (TPSA) is 84.9 Å². The summed E-state index contributed by atoms with van der Waals surface area (Å²) in [5, 5.41) is 9.14. The van der Waals surface area contributed by atoms with Gasteiger partial charge in [0.25, 0.3) is 0 Å². The van der Waals surface area contributed by atoms with E-state index in [1.807, 2.05) is 18.5 Å². The molecule has 0 spiro atoms. The van der Waals surface area contributed by atoms with Crippen LogP contribution in [0.5, 0.6) is 6.01 Å². The molecule has 0 aliphatic carbocycles. The van der Waals surface area contributed by atoms with Crippen molar-refractivity contribution in [2.24, 2.45) is 0 Å². The van der Waals surface area contributed by atoms with Crippen molar-refractivity contribution < 1.29 is 4.74 Å². The van der Waals surface area contributed by atoms with Crippen molar-refractivity contribution in [1.29, 1.82) is 0 Å². The van der Waals surface area contributed by atoms with Crippen LogP contribution in [0.4, 0.5) is 11.9 Å². The molecule has 2 heterocycles. The van der Waals surface area contributed by atoms with Crippen molar-refractivity contribution in [3.63, 3.8) is 0 Å². The maximum atomic E-state index is 5.32. The van der Waals surface area contributed by atoms with Crippen LogP contribution in [0.2, 0.25) is 0 Å². The van der Waals surface area contributed by atoms with Crippen LogP contribution in [-0.4, -0.2) is 40.1 Å². The van der Waals surface area contributed by atoms with Gasteiger partial charge in [0.2, 0.25) is 11.9 Å². The highest BCUT2D eigenvalue weighted by Gasteiger charge is 2.10. The van der Waals surface area contributed by atoms with Gasteiger partial charge >= 0.3 is 6.01 Å². The lowest BCUT2D eigenvalue weighted by Crippen LogP contribution is -2.14. The molecule has 2 aromatic heterocycles. The normalized spacial score (nSPS) is 11.9.